The van der Waals surface area contributed by atoms with E-state index in [-0.39, 0.29) is 18.2 Å². The van der Waals surface area contributed by atoms with Gasteiger partial charge in [-0.3, -0.25) is 14.3 Å². The molecule has 3 aromatic rings. The zero-order valence-corrected chi connectivity index (χ0v) is 15.7. The van der Waals surface area contributed by atoms with Crippen molar-refractivity contribution < 1.29 is 9.59 Å². The highest BCUT2D eigenvalue weighted by Gasteiger charge is 2.08. The molecule has 0 saturated carbocycles. The van der Waals surface area contributed by atoms with Crippen LogP contribution in [0.25, 0.3) is 0 Å². The fraction of sp³-hybridized carbons (Fsp3) is 0.105. The molecule has 2 amide bonds. The number of amides is 2. The Hall–Kier alpha value is -2.93. The number of anilines is 2. The molecule has 2 aromatic carbocycles. The van der Waals surface area contributed by atoms with Crippen LogP contribution >= 0.6 is 15.9 Å². The van der Waals surface area contributed by atoms with Crippen molar-refractivity contribution in [2.24, 2.45) is 7.05 Å². The fourth-order valence-corrected chi connectivity index (χ4v) is 2.65. The molecule has 3 rings (SSSR count). The predicted octanol–water partition coefficient (Wildman–Crippen LogP) is 3.62. The van der Waals surface area contributed by atoms with Crippen molar-refractivity contribution in [3.8, 4) is 0 Å². The molecule has 0 bridgehead atoms. The highest BCUT2D eigenvalue weighted by Crippen LogP contribution is 2.15. The molecule has 0 fully saturated rings. The lowest BCUT2D eigenvalue weighted by atomic mass is 10.1. The zero-order valence-electron chi connectivity index (χ0n) is 14.1. The lowest BCUT2D eigenvalue weighted by molar-refractivity contribution is -0.115. The minimum absolute atomic E-state index is 0.121. The van der Waals surface area contributed by atoms with Crippen LogP contribution in [0.5, 0.6) is 0 Å². The second-order valence-corrected chi connectivity index (χ2v) is 6.70. The summed E-state index contributed by atoms with van der Waals surface area (Å²) in [7, 11) is 1.79. The van der Waals surface area contributed by atoms with Gasteiger partial charge in [0.1, 0.15) is 0 Å². The van der Waals surface area contributed by atoms with Crippen LogP contribution in [0.4, 0.5) is 11.4 Å². The number of rotatable bonds is 5. The maximum atomic E-state index is 12.2. The predicted molar refractivity (Wildman–Crippen MR) is 104 cm³/mol. The highest BCUT2D eigenvalue weighted by atomic mass is 79.9. The van der Waals surface area contributed by atoms with Crippen molar-refractivity contribution in [2.45, 2.75) is 6.42 Å². The summed E-state index contributed by atoms with van der Waals surface area (Å²) in [5.41, 5.74) is 2.77. The Morgan fingerprint density at radius 2 is 1.69 bits per heavy atom. The van der Waals surface area contributed by atoms with Crippen LogP contribution in [0.2, 0.25) is 0 Å². The normalized spacial score (nSPS) is 10.4. The molecule has 0 aliphatic heterocycles. The number of nitrogens with one attached hydrogen (secondary N) is 2. The van der Waals surface area contributed by atoms with Gasteiger partial charge in [0.15, 0.2) is 0 Å². The number of aromatic nitrogens is 2. The fourth-order valence-electron chi connectivity index (χ4n) is 2.39. The van der Waals surface area contributed by atoms with E-state index in [1.165, 1.54) is 0 Å². The van der Waals surface area contributed by atoms with Crippen molar-refractivity contribution >= 4 is 39.1 Å². The SMILES string of the molecule is Cn1cc(NC(=O)Cc2ccc(NC(=O)c3ccc(Br)cc3)cc2)cn1. The van der Waals surface area contributed by atoms with E-state index in [9.17, 15) is 9.59 Å². The van der Waals surface area contributed by atoms with E-state index in [0.29, 0.717) is 16.9 Å². The van der Waals surface area contributed by atoms with Gasteiger partial charge < -0.3 is 10.6 Å². The first kappa shape index (κ1) is 17.9. The van der Waals surface area contributed by atoms with Crippen molar-refractivity contribution in [1.29, 1.82) is 0 Å². The standard InChI is InChI=1S/C19H17BrN4O2/c1-24-12-17(11-21-24)22-18(25)10-13-2-8-16(9-3-13)23-19(26)14-4-6-15(20)7-5-14/h2-9,11-12H,10H2,1H3,(H,22,25)(H,23,26). The van der Waals surface area contributed by atoms with Gasteiger partial charge in [0.2, 0.25) is 5.91 Å². The Balaban J connectivity index is 1.56. The molecule has 0 spiro atoms. The summed E-state index contributed by atoms with van der Waals surface area (Å²) in [6.45, 7) is 0. The summed E-state index contributed by atoms with van der Waals surface area (Å²) in [6, 6.07) is 14.3. The number of nitrogens with zero attached hydrogens (tertiary/aromatic N) is 2. The van der Waals surface area contributed by atoms with E-state index in [2.05, 4.69) is 31.7 Å². The summed E-state index contributed by atoms with van der Waals surface area (Å²) in [5.74, 6) is -0.302. The Bertz CT molecular complexity index is 917. The molecular formula is C19H17BrN4O2. The number of carbonyl (C=O) groups is 2. The Labute approximate surface area is 159 Å². The molecule has 6 nitrogen and oxygen atoms in total. The van der Waals surface area contributed by atoms with Crippen LogP contribution in [0, 0.1) is 0 Å². The lowest BCUT2D eigenvalue weighted by Crippen LogP contribution is -2.14. The molecule has 0 unspecified atom stereocenters. The quantitative estimate of drug-likeness (QED) is 0.671. The number of hydrogen-bond acceptors (Lipinski definition) is 3. The van der Waals surface area contributed by atoms with Crippen LogP contribution < -0.4 is 10.6 Å². The first-order valence-electron chi connectivity index (χ1n) is 7.94. The zero-order chi connectivity index (χ0) is 18.5. The van der Waals surface area contributed by atoms with E-state index >= 15 is 0 Å². The van der Waals surface area contributed by atoms with Gasteiger partial charge in [-0.25, -0.2) is 0 Å². The molecule has 2 N–H and O–H groups in total. The number of carbonyl (C=O) groups excluding carboxylic acids is 2. The second-order valence-electron chi connectivity index (χ2n) is 5.79. The molecule has 0 aliphatic carbocycles. The number of aryl methyl sites for hydroxylation is 1. The van der Waals surface area contributed by atoms with Crippen molar-refractivity contribution in [3.63, 3.8) is 0 Å². The Morgan fingerprint density at radius 1 is 1.00 bits per heavy atom. The average Bonchev–Trinajstić information content (AvgIpc) is 3.02. The van der Waals surface area contributed by atoms with Gasteiger partial charge in [-0.15, -0.1) is 0 Å². The van der Waals surface area contributed by atoms with Crippen molar-refractivity contribution in [3.05, 3.63) is 76.5 Å². The van der Waals surface area contributed by atoms with Gasteiger partial charge in [-0.1, -0.05) is 28.1 Å². The number of hydrogen-bond donors (Lipinski definition) is 2. The third-order valence-corrected chi connectivity index (χ3v) is 4.20. The molecule has 0 radical (unpaired) electrons. The Kier molecular flexibility index (Phi) is 5.48. The van der Waals surface area contributed by atoms with E-state index in [1.807, 2.05) is 24.3 Å². The summed E-state index contributed by atoms with van der Waals surface area (Å²) in [4.78, 5) is 24.2. The van der Waals surface area contributed by atoms with E-state index in [1.54, 1.807) is 48.4 Å². The molecular weight excluding hydrogens is 396 g/mol. The smallest absolute Gasteiger partial charge is 0.255 e. The molecule has 26 heavy (non-hydrogen) atoms. The molecule has 0 atom stereocenters. The lowest BCUT2D eigenvalue weighted by Gasteiger charge is -2.07. The number of benzene rings is 2. The molecule has 7 heteroatoms. The maximum Gasteiger partial charge on any atom is 0.255 e. The van der Waals surface area contributed by atoms with Gasteiger partial charge >= 0.3 is 0 Å². The van der Waals surface area contributed by atoms with Crippen LogP contribution in [-0.4, -0.2) is 21.6 Å². The average molecular weight is 413 g/mol. The molecule has 0 aliphatic rings. The largest absolute Gasteiger partial charge is 0.323 e. The minimum atomic E-state index is -0.181. The van der Waals surface area contributed by atoms with Crippen LogP contribution in [-0.2, 0) is 18.3 Å². The summed E-state index contributed by atoms with van der Waals surface area (Å²) < 4.78 is 2.54. The monoisotopic (exact) mass is 412 g/mol. The summed E-state index contributed by atoms with van der Waals surface area (Å²) >= 11 is 3.34. The molecule has 0 saturated heterocycles. The van der Waals surface area contributed by atoms with Crippen molar-refractivity contribution in [1.82, 2.24) is 9.78 Å². The van der Waals surface area contributed by atoms with Gasteiger partial charge in [0.05, 0.1) is 18.3 Å². The van der Waals surface area contributed by atoms with Gasteiger partial charge in [0, 0.05) is 29.0 Å². The first-order chi connectivity index (χ1) is 12.5. The van der Waals surface area contributed by atoms with Gasteiger partial charge in [0.25, 0.3) is 5.91 Å². The maximum absolute atomic E-state index is 12.2. The van der Waals surface area contributed by atoms with E-state index in [0.717, 1.165) is 10.0 Å². The van der Waals surface area contributed by atoms with E-state index in [4.69, 9.17) is 0 Å². The van der Waals surface area contributed by atoms with Gasteiger partial charge in [-0.2, -0.15) is 5.10 Å². The van der Waals surface area contributed by atoms with Crippen molar-refractivity contribution in [2.75, 3.05) is 10.6 Å². The van der Waals surface area contributed by atoms with Crippen LogP contribution in [0.1, 0.15) is 15.9 Å². The second kappa shape index (κ2) is 7.97. The summed E-state index contributed by atoms with van der Waals surface area (Å²) in [6.07, 6.45) is 3.58. The number of halogens is 1. The molecule has 132 valence electrons. The van der Waals surface area contributed by atoms with Crippen LogP contribution in [0.3, 0.4) is 0 Å². The third-order valence-electron chi connectivity index (χ3n) is 3.67. The Morgan fingerprint density at radius 3 is 2.31 bits per heavy atom. The molecule has 1 heterocycles. The highest BCUT2D eigenvalue weighted by molar-refractivity contribution is 9.10. The topological polar surface area (TPSA) is 76.0 Å². The minimum Gasteiger partial charge on any atom is -0.323 e. The summed E-state index contributed by atoms with van der Waals surface area (Å²) in [5, 5.41) is 9.63. The van der Waals surface area contributed by atoms with Gasteiger partial charge in [-0.05, 0) is 42.0 Å². The van der Waals surface area contributed by atoms with E-state index < -0.39 is 0 Å². The first-order valence-corrected chi connectivity index (χ1v) is 8.73. The molecule has 1 aromatic heterocycles. The third kappa shape index (κ3) is 4.80. The van der Waals surface area contributed by atoms with Crippen LogP contribution in [0.15, 0.2) is 65.4 Å².